The number of H-pyrrole nitrogens is 1. The number of aromatic nitrogens is 2. The Kier molecular flexibility index (Phi) is 4.66. The molecular formula is C15H16Cl2N4O. The maximum absolute atomic E-state index is 12.3. The Morgan fingerprint density at radius 3 is 2.82 bits per heavy atom. The van der Waals surface area contributed by atoms with Crippen LogP contribution in [-0.4, -0.2) is 29.2 Å². The van der Waals surface area contributed by atoms with Crippen LogP contribution in [0.2, 0.25) is 10.0 Å². The molecule has 0 radical (unpaired) electrons. The van der Waals surface area contributed by atoms with Gasteiger partial charge >= 0.3 is 0 Å². The van der Waals surface area contributed by atoms with Crippen molar-refractivity contribution in [1.82, 2.24) is 15.5 Å². The van der Waals surface area contributed by atoms with E-state index in [1.54, 1.807) is 24.4 Å². The molecule has 0 spiro atoms. The molecule has 7 heteroatoms. The highest BCUT2D eigenvalue weighted by Crippen LogP contribution is 2.28. The lowest BCUT2D eigenvalue weighted by Crippen LogP contribution is -2.17. The molecular weight excluding hydrogens is 323 g/mol. The van der Waals surface area contributed by atoms with Crippen LogP contribution in [0.15, 0.2) is 24.4 Å². The van der Waals surface area contributed by atoms with Crippen molar-refractivity contribution in [2.45, 2.75) is 18.8 Å². The third-order valence-corrected chi connectivity index (χ3v) is 4.52. The van der Waals surface area contributed by atoms with E-state index in [1.165, 1.54) is 0 Å². The smallest absolute Gasteiger partial charge is 0.228 e. The minimum Gasteiger partial charge on any atom is -0.323 e. The third-order valence-electron chi connectivity index (χ3n) is 3.81. The number of hydrogen-bond donors (Lipinski definition) is 3. The van der Waals surface area contributed by atoms with Crippen LogP contribution in [0.1, 0.15) is 23.6 Å². The molecule has 3 N–H and O–H groups in total. The molecule has 3 rings (SSSR count). The normalized spacial score (nSPS) is 17.6. The predicted octanol–water partition coefficient (Wildman–Crippen LogP) is 2.97. The Bertz CT molecular complexity index is 660. The fourth-order valence-electron chi connectivity index (χ4n) is 2.66. The van der Waals surface area contributed by atoms with Crippen LogP contribution >= 0.6 is 23.2 Å². The van der Waals surface area contributed by atoms with Crippen LogP contribution in [0.5, 0.6) is 0 Å². The predicted molar refractivity (Wildman–Crippen MR) is 87.6 cm³/mol. The highest BCUT2D eigenvalue weighted by Gasteiger charge is 2.22. The van der Waals surface area contributed by atoms with E-state index in [-0.39, 0.29) is 12.3 Å². The zero-order valence-electron chi connectivity index (χ0n) is 11.8. The Balaban J connectivity index is 1.71. The van der Waals surface area contributed by atoms with Crippen molar-refractivity contribution in [3.63, 3.8) is 0 Å². The first-order valence-electron chi connectivity index (χ1n) is 7.12. The summed E-state index contributed by atoms with van der Waals surface area (Å²) in [5.74, 6) is 0.185. The number of benzene rings is 1. The van der Waals surface area contributed by atoms with Gasteiger partial charge in [-0.2, -0.15) is 5.10 Å². The highest BCUT2D eigenvalue weighted by atomic mass is 35.5. The van der Waals surface area contributed by atoms with Crippen molar-refractivity contribution < 1.29 is 4.79 Å². The molecule has 1 atom stereocenters. The molecule has 1 amide bonds. The van der Waals surface area contributed by atoms with Gasteiger partial charge in [0.1, 0.15) is 0 Å². The summed E-state index contributed by atoms with van der Waals surface area (Å²) in [7, 11) is 0. The van der Waals surface area contributed by atoms with E-state index in [2.05, 4.69) is 20.8 Å². The summed E-state index contributed by atoms with van der Waals surface area (Å²) in [6.45, 7) is 1.87. The molecule has 1 saturated heterocycles. The number of hydrogen-bond acceptors (Lipinski definition) is 3. The maximum atomic E-state index is 12.3. The minimum absolute atomic E-state index is 0.131. The molecule has 1 aliphatic heterocycles. The number of carbonyl (C=O) groups excluding carboxylic acids is 1. The molecule has 0 saturated carbocycles. The van der Waals surface area contributed by atoms with Gasteiger partial charge in [0.05, 0.1) is 24.0 Å². The summed E-state index contributed by atoms with van der Waals surface area (Å²) >= 11 is 12.2. The highest BCUT2D eigenvalue weighted by molar-refractivity contribution is 6.36. The molecule has 1 aromatic carbocycles. The van der Waals surface area contributed by atoms with Crippen LogP contribution in [0.4, 0.5) is 5.69 Å². The summed E-state index contributed by atoms with van der Waals surface area (Å²) in [6, 6.07) is 5.21. The zero-order valence-corrected chi connectivity index (χ0v) is 13.3. The molecule has 1 aliphatic rings. The summed E-state index contributed by atoms with van der Waals surface area (Å²) in [5.41, 5.74) is 2.32. The maximum Gasteiger partial charge on any atom is 0.228 e. The molecule has 5 nitrogen and oxygen atoms in total. The van der Waals surface area contributed by atoms with Crippen molar-refractivity contribution in [3.05, 3.63) is 45.7 Å². The SMILES string of the molecule is O=C(Cc1c(Cl)cccc1Cl)Nc1cn[nH]c1C1CCNC1. The van der Waals surface area contributed by atoms with E-state index in [0.29, 0.717) is 21.5 Å². The summed E-state index contributed by atoms with van der Waals surface area (Å²) in [4.78, 5) is 12.3. The number of rotatable bonds is 4. The lowest BCUT2D eigenvalue weighted by molar-refractivity contribution is -0.115. The van der Waals surface area contributed by atoms with E-state index in [4.69, 9.17) is 23.2 Å². The van der Waals surface area contributed by atoms with E-state index in [0.717, 1.165) is 30.9 Å². The van der Waals surface area contributed by atoms with E-state index in [9.17, 15) is 4.79 Å². The van der Waals surface area contributed by atoms with E-state index < -0.39 is 0 Å². The molecule has 0 aliphatic carbocycles. The second-order valence-corrected chi connectivity index (χ2v) is 6.13. The second-order valence-electron chi connectivity index (χ2n) is 5.31. The van der Waals surface area contributed by atoms with Gasteiger partial charge in [-0.15, -0.1) is 0 Å². The van der Waals surface area contributed by atoms with Crippen LogP contribution in [0.25, 0.3) is 0 Å². The minimum atomic E-state index is -0.163. The van der Waals surface area contributed by atoms with Crippen molar-refractivity contribution in [3.8, 4) is 0 Å². The van der Waals surface area contributed by atoms with Gasteiger partial charge in [-0.25, -0.2) is 0 Å². The van der Waals surface area contributed by atoms with Crippen LogP contribution < -0.4 is 10.6 Å². The van der Waals surface area contributed by atoms with Crippen molar-refractivity contribution in [1.29, 1.82) is 0 Å². The summed E-state index contributed by atoms with van der Waals surface area (Å²) in [5, 5.41) is 14.2. The van der Waals surface area contributed by atoms with Gasteiger partial charge in [-0.3, -0.25) is 9.89 Å². The Morgan fingerprint density at radius 2 is 2.14 bits per heavy atom. The molecule has 22 heavy (non-hydrogen) atoms. The monoisotopic (exact) mass is 338 g/mol. The topological polar surface area (TPSA) is 69.8 Å². The third kappa shape index (κ3) is 3.27. The van der Waals surface area contributed by atoms with Gasteiger partial charge in [0.2, 0.25) is 5.91 Å². The van der Waals surface area contributed by atoms with Crippen molar-refractivity contribution in [2.75, 3.05) is 18.4 Å². The van der Waals surface area contributed by atoms with Gasteiger partial charge in [0.25, 0.3) is 0 Å². The van der Waals surface area contributed by atoms with Crippen LogP contribution in [0, 0.1) is 0 Å². The quantitative estimate of drug-likeness (QED) is 0.802. The Labute approximate surface area is 138 Å². The first kappa shape index (κ1) is 15.3. The number of anilines is 1. The largest absolute Gasteiger partial charge is 0.323 e. The molecule has 2 heterocycles. The molecule has 1 aromatic heterocycles. The molecule has 1 fully saturated rings. The van der Waals surface area contributed by atoms with Gasteiger partial charge in [-0.1, -0.05) is 29.3 Å². The van der Waals surface area contributed by atoms with E-state index in [1.807, 2.05) is 0 Å². The zero-order chi connectivity index (χ0) is 15.5. The standard InChI is InChI=1S/C15H16Cl2N4O/c16-11-2-1-3-12(17)10(11)6-14(22)20-13-8-19-21-15(13)9-4-5-18-7-9/h1-3,8-9,18H,4-7H2,(H,19,21)(H,20,22). The average molecular weight is 339 g/mol. The van der Waals surface area contributed by atoms with Gasteiger partial charge in [0, 0.05) is 22.5 Å². The summed E-state index contributed by atoms with van der Waals surface area (Å²) in [6.07, 6.45) is 2.80. The van der Waals surface area contributed by atoms with E-state index >= 15 is 0 Å². The number of aromatic amines is 1. The number of halogens is 2. The van der Waals surface area contributed by atoms with Gasteiger partial charge in [0.15, 0.2) is 0 Å². The second kappa shape index (κ2) is 6.69. The Morgan fingerprint density at radius 1 is 1.36 bits per heavy atom. The lowest BCUT2D eigenvalue weighted by atomic mass is 10.0. The summed E-state index contributed by atoms with van der Waals surface area (Å²) < 4.78 is 0. The molecule has 0 bridgehead atoms. The number of amides is 1. The Hall–Kier alpha value is -1.56. The van der Waals surface area contributed by atoms with Crippen molar-refractivity contribution in [2.24, 2.45) is 0 Å². The molecule has 116 valence electrons. The van der Waals surface area contributed by atoms with Crippen molar-refractivity contribution >= 4 is 34.8 Å². The van der Waals surface area contributed by atoms with Gasteiger partial charge < -0.3 is 10.6 Å². The lowest BCUT2D eigenvalue weighted by Gasteiger charge is -2.11. The number of carbonyl (C=O) groups is 1. The van der Waals surface area contributed by atoms with Gasteiger partial charge in [-0.05, 0) is 30.7 Å². The van der Waals surface area contributed by atoms with Crippen LogP contribution in [0.3, 0.4) is 0 Å². The molecule has 2 aromatic rings. The fourth-order valence-corrected chi connectivity index (χ4v) is 3.20. The fraction of sp³-hybridized carbons (Fsp3) is 0.333. The average Bonchev–Trinajstić information content (AvgIpc) is 3.13. The van der Waals surface area contributed by atoms with Crippen LogP contribution in [-0.2, 0) is 11.2 Å². The number of nitrogens with one attached hydrogen (secondary N) is 3. The molecule has 1 unspecified atom stereocenters. The first-order chi connectivity index (χ1) is 10.6. The number of nitrogens with zero attached hydrogens (tertiary/aromatic N) is 1. The first-order valence-corrected chi connectivity index (χ1v) is 7.87.